The zero-order chi connectivity index (χ0) is 19.2. The minimum atomic E-state index is -0.801. The van der Waals surface area contributed by atoms with Crippen LogP contribution in [0.5, 0.6) is 0 Å². The maximum Gasteiger partial charge on any atom is 0.273 e. The summed E-state index contributed by atoms with van der Waals surface area (Å²) in [6, 6.07) is 11.7. The van der Waals surface area contributed by atoms with E-state index in [-0.39, 0.29) is 18.1 Å². The third kappa shape index (κ3) is 4.57. The summed E-state index contributed by atoms with van der Waals surface area (Å²) in [6.07, 6.45) is 3.40. The Kier molecular flexibility index (Phi) is 5.93. The molecule has 0 bridgehead atoms. The number of hydrogen-bond donors (Lipinski definition) is 2. The molecule has 7 heteroatoms. The number of carbonyl (C=O) groups excluding carboxylic acids is 1. The summed E-state index contributed by atoms with van der Waals surface area (Å²) in [4.78, 5) is 16.3. The van der Waals surface area contributed by atoms with E-state index in [1.165, 1.54) is 5.56 Å². The number of amides is 1. The number of aromatic nitrogens is 4. The highest BCUT2D eigenvalue weighted by atomic mass is 16.3. The van der Waals surface area contributed by atoms with Gasteiger partial charge in [0.25, 0.3) is 5.91 Å². The van der Waals surface area contributed by atoms with Crippen molar-refractivity contribution in [3.8, 4) is 0 Å². The number of aliphatic hydroxyl groups excluding tert-OH is 1. The van der Waals surface area contributed by atoms with Gasteiger partial charge in [-0.2, -0.15) is 0 Å². The lowest BCUT2D eigenvalue weighted by atomic mass is 10.1. The fourth-order valence-corrected chi connectivity index (χ4v) is 2.75. The number of aliphatic hydroxyl groups is 1. The minimum Gasteiger partial charge on any atom is -0.387 e. The molecule has 7 nitrogen and oxygen atoms in total. The normalized spacial score (nSPS) is 12.0. The molecule has 1 amide bonds. The summed E-state index contributed by atoms with van der Waals surface area (Å²) >= 11 is 0. The van der Waals surface area contributed by atoms with Crippen LogP contribution in [0.4, 0.5) is 0 Å². The number of rotatable bonds is 7. The Labute approximate surface area is 158 Å². The van der Waals surface area contributed by atoms with Gasteiger partial charge in [-0.3, -0.25) is 9.78 Å². The van der Waals surface area contributed by atoms with Crippen molar-refractivity contribution in [1.29, 1.82) is 0 Å². The monoisotopic (exact) mass is 365 g/mol. The third-order valence-corrected chi connectivity index (χ3v) is 4.51. The van der Waals surface area contributed by atoms with E-state index in [1.54, 1.807) is 29.2 Å². The molecule has 1 aromatic carbocycles. The number of nitrogens with one attached hydrogen (secondary N) is 1. The van der Waals surface area contributed by atoms with Crippen LogP contribution in [0.1, 0.15) is 45.9 Å². The molecule has 0 unspecified atom stereocenters. The Morgan fingerprint density at radius 1 is 1.15 bits per heavy atom. The summed E-state index contributed by atoms with van der Waals surface area (Å²) in [5.41, 5.74) is 4.02. The molecular formula is C20H23N5O2. The molecule has 3 aromatic rings. The fraction of sp³-hybridized carbons (Fsp3) is 0.300. The van der Waals surface area contributed by atoms with Crippen molar-refractivity contribution in [2.75, 3.05) is 6.54 Å². The van der Waals surface area contributed by atoms with E-state index < -0.39 is 6.10 Å². The van der Waals surface area contributed by atoms with Gasteiger partial charge in [0.05, 0.1) is 18.3 Å². The van der Waals surface area contributed by atoms with Gasteiger partial charge in [0, 0.05) is 18.9 Å². The first-order chi connectivity index (χ1) is 13.1. The van der Waals surface area contributed by atoms with Crippen molar-refractivity contribution in [1.82, 2.24) is 25.3 Å². The second-order valence-corrected chi connectivity index (χ2v) is 6.36. The van der Waals surface area contributed by atoms with Crippen LogP contribution >= 0.6 is 0 Å². The smallest absolute Gasteiger partial charge is 0.273 e. The maximum atomic E-state index is 12.4. The second kappa shape index (κ2) is 8.55. The van der Waals surface area contributed by atoms with Crippen LogP contribution < -0.4 is 5.32 Å². The van der Waals surface area contributed by atoms with Crippen molar-refractivity contribution >= 4 is 5.91 Å². The highest BCUT2D eigenvalue weighted by Gasteiger charge is 2.18. The zero-order valence-corrected chi connectivity index (χ0v) is 15.5. The predicted octanol–water partition coefficient (Wildman–Crippen LogP) is 2.06. The largest absolute Gasteiger partial charge is 0.387 e. The fourth-order valence-electron chi connectivity index (χ4n) is 2.75. The van der Waals surface area contributed by atoms with Crippen molar-refractivity contribution in [2.45, 2.75) is 32.9 Å². The predicted molar refractivity (Wildman–Crippen MR) is 101 cm³/mol. The lowest BCUT2D eigenvalue weighted by molar-refractivity contribution is 0.0910. The van der Waals surface area contributed by atoms with Crippen LogP contribution in [0.15, 0.2) is 48.8 Å². The van der Waals surface area contributed by atoms with Gasteiger partial charge in [-0.15, -0.1) is 5.10 Å². The maximum absolute atomic E-state index is 12.4. The number of carbonyl (C=O) groups is 1. The summed E-state index contributed by atoms with van der Waals surface area (Å²) in [5, 5.41) is 21.0. The second-order valence-electron chi connectivity index (χ2n) is 6.36. The Bertz CT molecular complexity index is 890. The van der Waals surface area contributed by atoms with Crippen molar-refractivity contribution in [2.24, 2.45) is 0 Å². The van der Waals surface area contributed by atoms with Crippen LogP contribution in [-0.2, 0) is 13.0 Å². The Balaban J connectivity index is 1.62. The number of pyridine rings is 1. The number of benzene rings is 1. The molecule has 0 saturated heterocycles. The molecule has 0 aliphatic carbocycles. The Hall–Kier alpha value is -3.06. The first-order valence-corrected chi connectivity index (χ1v) is 8.92. The highest BCUT2D eigenvalue weighted by molar-refractivity contribution is 5.93. The standard InChI is InChI=1S/C20H23N5O2/c1-3-15-4-6-16(7-5-15)13-25-14(2)19(23-24-25)20(27)22-12-18(26)17-8-10-21-11-9-17/h4-11,18,26H,3,12-13H2,1-2H3,(H,22,27)/t18-/m1/s1. The van der Waals surface area contributed by atoms with Gasteiger partial charge in [-0.05, 0) is 42.2 Å². The van der Waals surface area contributed by atoms with E-state index in [2.05, 4.69) is 51.8 Å². The average molecular weight is 365 g/mol. The third-order valence-electron chi connectivity index (χ3n) is 4.51. The number of nitrogens with zero attached hydrogens (tertiary/aromatic N) is 4. The van der Waals surface area contributed by atoms with E-state index in [9.17, 15) is 9.90 Å². The molecule has 0 radical (unpaired) electrons. The molecule has 0 aliphatic rings. The van der Waals surface area contributed by atoms with E-state index in [4.69, 9.17) is 0 Å². The van der Waals surface area contributed by atoms with Gasteiger partial charge in [0.1, 0.15) is 0 Å². The molecule has 0 fully saturated rings. The molecule has 0 aliphatic heterocycles. The summed E-state index contributed by atoms with van der Waals surface area (Å²) in [7, 11) is 0. The molecule has 0 spiro atoms. The Morgan fingerprint density at radius 3 is 2.48 bits per heavy atom. The van der Waals surface area contributed by atoms with Crippen LogP contribution in [-0.4, -0.2) is 37.5 Å². The molecule has 0 saturated carbocycles. The van der Waals surface area contributed by atoms with Gasteiger partial charge in [0.15, 0.2) is 5.69 Å². The van der Waals surface area contributed by atoms with Crippen molar-refractivity contribution in [3.05, 3.63) is 76.9 Å². The van der Waals surface area contributed by atoms with E-state index in [1.807, 2.05) is 6.92 Å². The molecule has 2 aromatic heterocycles. The first kappa shape index (κ1) is 18.7. The van der Waals surface area contributed by atoms with Crippen molar-refractivity contribution < 1.29 is 9.90 Å². The first-order valence-electron chi connectivity index (χ1n) is 8.92. The molecule has 140 valence electrons. The number of aryl methyl sites for hydroxylation is 1. The molecule has 2 N–H and O–H groups in total. The van der Waals surface area contributed by atoms with Gasteiger partial charge < -0.3 is 10.4 Å². The average Bonchev–Trinajstić information content (AvgIpc) is 3.07. The van der Waals surface area contributed by atoms with E-state index in [0.717, 1.165) is 12.0 Å². The van der Waals surface area contributed by atoms with Crippen molar-refractivity contribution in [3.63, 3.8) is 0 Å². The van der Waals surface area contributed by atoms with Gasteiger partial charge in [-0.1, -0.05) is 36.4 Å². The molecular weight excluding hydrogens is 342 g/mol. The summed E-state index contributed by atoms with van der Waals surface area (Å²) in [5.74, 6) is -0.354. The van der Waals surface area contributed by atoms with Gasteiger partial charge in [-0.25, -0.2) is 4.68 Å². The van der Waals surface area contributed by atoms with E-state index >= 15 is 0 Å². The molecule has 2 heterocycles. The van der Waals surface area contributed by atoms with Crippen LogP contribution in [0.25, 0.3) is 0 Å². The topological polar surface area (TPSA) is 92.9 Å². The zero-order valence-electron chi connectivity index (χ0n) is 15.5. The molecule has 3 rings (SSSR count). The molecule has 1 atom stereocenters. The van der Waals surface area contributed by atoms with E-state index in [0.29, 0.717) is 17.8 Å². The lowest BCUT2D eigenvalue weighted by Gasteiger charge is -2.11. The van der Waals surface area contributed by atoms with Gasteiger partial charge in [0.2, 0.25) is 0 Å². The summed E-state index contributed by atoms with van der Waals surface area (Å²) < 4.78 is 1.70. The summed E-state index contributed by atoms with van der Waals surface area (Å²) in [6.45, 7) is 4.57. The molecule has 27 heavy (non-hydrogen) atoms. The van der Waals surface area contributed by atoms with Crippen LogP contribution in [0, 0.1) is 6.92 Å². The SMILES string of the molecule is CCc1ccc(Cn2nnc(C(=O)NC[C@@H](O)c3ccncc3)c2C)cc1. The quantitative estimate of drug-likeness (QED) is 0.668. The number of hydrogen-bond acceptors (Lipinski definition) is 5. The minimum absolute atomic E-state index is 0.0909. The van der Waals surface area contributed by atoms with Crippen LogP contribution in [0.2, 0.25) is 0 Å². The van der Waals surface area contributed by atoms with Crippen LogP contribution in [0.3, 0.4) is 0 Å². The highest BCUT2D eigenvalue weighted by Crippen LogP contribution is 2.12. The Morgan fingerprint density at radius 2 is 1.81 bits per heavy atom. The lowest BCUT2D eigenvalue weighted by Crippen LogP contribution is -2.29. The van der Waals surface area contributed by atoms with Gasteiger partial charge >= 0.3 is 0 Å².